The Morgan fingerprint density at radius 1 is 1.15 bits per heavy atom. The van der Waals surface area contributed by atoms with Gasteiger partial charge in [-0.2, -0.15) is 4.37 Å². The molecule has 1 aliphatic carbocycles. The molecule has 1 aliphatic rings. The highest BCUT2D eigenvalue weighted by molar-refractivity contribution is 7.04. The first kappa shape index (κ1) is 17.7. The number of carbonyl (C=O) groups is 1. The van der Waals surface area contributed by atoms with Crippen LogP contribution in [0.2, 0.25) is 0 Å². The minimum absolute atomic E-state index is 0.112. The molecule has 2 aromatic heterocycles. The minimum Gasteiger partial charge on any atom is -0.352 e. The Kier molecular flexibility index (Phi) is 4.89. The van der Waals surface area contributed by atoms with E-state index in [9.17, 15) is 14.4 Å². The zero-order valence-corrected chi connectivity index (χ0v) is 15.6. The number of carbonyl (C=O) groups excluding carboxylic acids is 1. The van der Waals surface area contributed by atoms with Gasteiger partial charge in [0, 0.05) is 11.4 Å². The number of benzene rings is 1. The van der Waals surface area contributed by atoms with Gasteiger partial charge in [-0.1, -0.05) is 43.2 Å². The quantitative estimate of drug-likeness (QED) is 0.726. The average Bonchev–Trinajstić information content (AvgIpc) is 3.35. The molecule has 1 aromatic carbocycles. The van der Waals surface area contributed by atoms with Crippen molar-refractivity contribution in [2.24, 2.45) is 0 Å². The van der Waals surface area contributed by atoms with E-state index < -0.39 is 11.2 Å². The fourth-order valence-electron chi connectivity index (χ4n) is 3.58. The predicted molar refractivity (Wildman–Crippen MR) is 104 cm³/mol. The van der Waals surface area contributed by atoms with Gasteiger partial charge in [0.05, 0.1) is 12.1 Å². The highest BCUT2D eigenvalue weighted by Gasteiger charge is 2.20. The highest BCUT2D eigenvalue weighted by Crippen LogP contribution is 2.17. The van der Waals surface area contributed by atoms with Gasteiger partial charge in [-0.3, -0.25) is 18.7 Å². The zero-order chi connectivity index (χ0) is 18.8. The number of aromatic nitrogens is 3. The average molecular weight is 384 g/mol. The molecule has 8 heteroatoms. The summed E-state index contributed by atoms with van der Waals surface area (Å²) in [5, 5.41) is 4.64. The van der Waals surface area contributed by atoms with Gasteiger partial charge < -0.3 is 5.32 Å². The second kappa shape index (κ2) is 7.48. The monoisotopic (exact) mass is 384 g/mol. The molecule has 1 fully saturated rings. The number of amides is 1. The third kappa shape index (κ3) is 3.57. The van der Waals surface area contributed by atoms with Crippen LogP contribution in [0.5, 0.6) is 0 Å². The van der Waals surface area contributed by atoms with E-state index in [1.807, 2.05) is 30.3 Å². The Hall–Kier alpha value is -2.74. The van der Waals surface area contributed by atoms with Gasteiger partial charge in [0.1, 0.15) is 6.54 Å². The van der Waals surface area contributed by atoms with E-state index in [1.54, 1.807) is 5.38 Å². The minimum atomic E-state index is -0.488. The van der Waals surface area contributed by atoms with E-state index in [0.717, 1.165) is 47.3 Å². The molecule has 0 radical (unpaired) electrons. The Labute approximate surface area is 159 Å². The van der Waals surface area contributed by atoms with Crippen LogP contribution in [0.4, 0.5) is 0 Å². The molecule has 0 aliphatic heterocycles. The summed E-state index contributed by atoms with van der Waals surface area (Å²) in [5.41, 5.74) is 0.573. The van der Waals surface area contributed by atoms with Gasteiger partial charge in [0.2, 0.25) is 5.91 Å². The molecule has 0 unspecified atom stereocenters. The Morgan fingerprint density at radius 3 is 2.63 bits per heavy atom. The first-order valence-corrected chi connectivity index (χ1v) is 9.88. The molecule has 0 atom stereocenters. The maximum atomic E-state index is 13.0. The van der Waals surface area contributed by atoms with E-state index in [4.69, 9.17) is 0 Å². The predicted octanol–water partition coefficient (Wildman–Crippen LogP) is 1.73. The van der Waals surface area contributed by atoms with E-state index in [-0.39, 0.29) is 30.6 Å². The van der Waals surface area contributed by atoms with Crippen molar-refractivity contribution < 1.29 is 4.79 Å². The van der Waals surface area contributed by atoms with E-state index in [2.05, 4.69) is 9.69 Å². The molecule has 0 spiro atoms. The molecule has 1 amide bonds. The van der Waals surface area contributed by atoms with Crippen LogP contribution >= 0.6 is 11.5 Å². The van der Waals surface area contributed by atoms with Crippen LogP contribution < -0.4 is 16.6 Å². The van der Waals surface area contributed by atoms with Crippen molar-refractivity contribution in [1.82, 2.24) is 18.8 Å². The molecule has 140 valence electrons. The number of fused-ring (bicyclic) bond motifs is 1. The van der Waals surface area contributed by atoms with Crippen LogP contribution in [0.3, 0.4) is 0 Å². The maximum Gasteiger partial charge on any atom is 0.332 e. The molecule has 4 rings (SSSR count). The van der Waals surface area contributed by atoms with Crippen LogP contribution in [0.1, 0.15) is 31.2 Å². The molecular weight excluding hydrogens is 364 g/mol. The summed E-state index contributed by atoms with van der Waals surface area (Å²) < 4.78 is 6.66. The number of nitrogens with one attached hydrogen (secondary N) is 1. The molecular formula is C19H20N4O3S. The van der Waals surface area contributed by atoms with Crippen molar-refractivity contribution in [2.75, 3.05) is 0 Å². The van der Waals surface area contributed by atoms with Crippen LogP contribution in [0, 0.1) is 0 Å². The Morgan fingerprint density at radius 2 is 1.89 bits per heavy atom. The van der Waals surface area contributed by atoms with Gasteiger partial charge in [0.15, 0.2) is 5.52 Å². The van der Waals surface area contributed by atoms with Crippen molar-refractivity contribution in [3.05, 3.63) is 62.1 Å². The van der Waals surface area contributed by atoms with Crippen molar-refractivity contribution in [3.8, 4) is 0 Å². The summed E-state index contributed by atoms with van der Waals surface area (Å²) >= 11 is 1.11. The van der Waals surface area contributed by atoms with E-state index in [1.165, 1.54) is 4.57 Å². The first-order chi connectivity index (χ1) is 13.1. The third-order valence-corrected chi connectivity index (χ3v) is 5.57. The molecule has 0 bridgehead atoms. The summed E-state index contributed by atoms with van der Waals surface area (Å²) in [4.78, 5) is 38.2. The molecule has 7 nitrogen and oxygen atoms in total. The van der Waals surface area contributed by atoms with Crippen molar-refractivity contribution in [3.63, 3.8) is 0 Å². The lowest BCUT2D eigenvalue weighted by Crippen LogP contribution is -2.43. The topological polar surface area (TPSA) is 86.0 Å². The van der Waals surface area contributed by atoms with Crippen LogP contribution in [-0.4, -0.2) is 25.5 Å². The smallest absolute Gasteiger partial charge is 0.332 e. The molecule has 3 aromatic rings. The summed E-state index contributed by atoms with van der Waals surface area (Å²) in [7, 11) is 0. The lowest BCUT2D eigenvalue weighted by atomic mass is 10.2. The Bertz CT molecular complexity index is 1080. The summed E-state index contributed by atoms with van der Waals surface area (Å²) in [5.74, 6) is -0.207. The van der Waals surface area contributed by atoms with E-state index in [0.29, 0.717) is 5.52 Å². The number of nitrogens with zero attached hydrogens (tertiary/aromatic N) is 3. The van der Waals surface area contributed by atoms with E-state index >= 15 is 0 Å². The molecule has 1 saturated carbocycles. The third-order valence-electron chi connectivity index (χ3n) is 4.96. The first-order valence-electron chi connectivity index (χ1n) is 9.04. The van der Waals surface area contributed by atoms with Gasteiger partial charge >= 0.3 is 5.69 Å². The number of hydrogen-bond acceptors (Lipinski definition) is 5. The number of rotatable bonds is 5. The second-order valence-electron chi connectivity index (χ2n) is 6.84. The number of hydrogen-bond donors (Lipinski definition) is 1. The van der Waals surface area contributed by atoms with Crippen molar-refractivity contribution in [1.29, 1.82) is 0 Å². The summed E-state index contributed by atoms with van der Waals surface area (Å²) in [6.07, 6.45) is 4.18. The highest BCUT2D eigenvalue weighted by atomic mass is 32.1. The Balaban J connectivity index is 1.71. The van der Waals surface area contributed by atoms with Gasteiger partial charge in [-0.15, -0.1) is 0 Å². The van der Waals surface area contributed by atoms with Crippen LogP contribution in [-0.2, 0) is 17.9 Å². The summed E-state index contributed by atoms with van der Waals surface area (Å²) in [6.45, 7) is 0.0372. The lowest BCUT2D eigenvalue weighted by molar-refractivity contribution is -0.122. The van der Waals surface area contributed by atoms with Crippen LogP contribution in [0.25, 0.3) is 11.0 Å². The van der Waals surface area contributed by atoms with Crippen LogP contribution in [0.15, 0.2) is 45.3 Å². The van der Waals surface area contributed by atoms with Crippen molar-refractivity contribution in [2.45, 2.75) is 44.8 Å². The van der Waals surface area contributed by atoms with Gasteiger partial charge in [-0.05, 0) is 29.9 Å². The molecule has 0 saturated heterocycles. The molecule has 1 N–H and O–H groups in total. The maximum absolute atomic E-state index is 13.0. The molecule has 27 heavy (non-hydrogen) atoms. The second-order valence-corrected chi connectivity index (χ2v) is 7.47. The fraction of sp³-hybridized carbons (Fsp3) is 0.368. The van der Waals surface area contributed by atoms with Gasteiger partial charge in [-0.25, -0.2) is 4.79 Å². The molecule has 2 heterocycles. The van der Waals surface area contributed by atoms with Crippen molar-refractivity contribution >= 4 is 28.5 Å². The lowest BCUT2D eigenvalue weighted by Gasteiger charge is -2.14. The fourth-order valence-corrected chi connectivity index (χ4v) is 4.25. The van der Waals surface area contributed by atoms with Gasteiger partial charge in [0.25, 0.3) is 5.56 Å². The summed E-state index contributed by atoms with van der Waals surface area (Å²) in [6, 6.07) is 9.48. The normalized spacial score (nSPS) is 14.7. The zero-order valence-electron chi connectivity index (χ0n) is 14.8. The standard InChI is InChI=1S/C19H20N4O3S/c24-16(20-14-8-4-5-9-14)11-22-15-12-27-21-17(15)18(25)23(19(22)26)10-13-6-2-1-3-7-13/h1-3,6-7,12,14H,4-5,8-11H2,(H,20,24). The SMILES string of the molecule is O=C(Cn1c(=O)n(Cc2ccccc2)c(=O)c2nscc21)NC1CCCC1. The largest absolute Gasteiger partial charge is 0.352 e.